The van der Waals surface area contributed by atoms with Crippen LogP contribution in [0.3, 0.4) is 0 Å². The average molecular weight is 385 g/mol. The lowest BCUT2D eigenvalue weighted by atomic mass is 9.95. The van der Waals surface area contributed by atoms with Gasteiger partial charge in [-0.2, -0.15) is 10.2 Å². The molecule has 1 N–H and O–H groups in total. The largest absolute Gasteiger partial charge is 0.299 e. The summed E-state index contributed by atoms with van der Waals surface area (Å²) < 4.78 is 1.98. The first-order valence-electron chi connectivity index (χ1n) is 9.99. The molecule has 29 heavy (non-hydrogen) atoms. The lowest BCUT2D eigenvalue weighted by Gasteiger charge is -2.30. The van der Waals surface area contributed by atoms with Gasteiger partial charge >= 0.3 is 0 Å². The Labute approximate surface area is 169 Å². The van der Waals surface area contributed by atoms with Gasteiger partial charge in [-0.15, -0.1) is 0 Å². The lowest BCUT2D eigenvalue weighted by molar-refractivity contribution is 0.202. The van der Waals surface area contributed by atoms with Gasteiger partial charge < -0.3 is 0 Å². The van der Waals surface area contributed by atoms with Gasteiger partial charge in [-0.3, -0.25) is 15.0 Å². The third-order valence-corrected chi connectivity index (χ3v) is 5.57. The number of pyridine rings is 1. The van der Waals surface area contributed by atoms with Crippen molar-refractivity contribution in [1.82, 2.24) is 34.8 Å². The average Bonchev–Trinajstić information content (AvgIpc) is 3.46. The minimum absolute atomic E-state index is 0.473. The van der Waals surface area contributed by atoms with Crippen LogP contribution in [0.4, 0.5) is 0 Å². The third kappa shape index (κ3) is 3.82. The second-order valence-corrected chi connectivity index (χ2v) is 7.44. The number of piperidine rings is 1. The Hall–Kier alpha value is -3.32. The monoisotopic (exact) mass is 385 g/mol. The molecule has 5 rings (SSSR count). The maximum absolute atomic E-state index is 4.91. The molecule has 0 radical (unpaired) electrons. The van der Waals surface area contributed by atoms with Crippen molar-refractivity contribution in [2.75, 3.05) is 13.1 Å². The normalized spacial score (nSPS) is 15.6. The highest BCUT2D eigenvalue weighted by Crippen LogP contribution is 2.29. The van der Waals surface area contributed by atoms with Crippen LogP contribution in [0.5, 0.6) is 0 Å². The molecule has 7 heteroatoms. The van der Waals surface area contributed by atoms with Gasteiger partial charge in [-0.1, -0.05) is 18.2 Å². The fourth-order valence-corrected chi connectivity index (χ4v) is 4.01. The Bertz CT molecular complexity index is 1030. The molecular weight excluding hydrogens is 362 g/mol. The van der Waals surface area contributed by atoms with Crippen molar-refractivity contribution in [2.45, 2.75) is 25.3 Å². The molecule has 0 bridgehead atoms. The van der Waals surface area contributed by atoms with Gasteiger partial charge in [0, 0.05) is 42.2 Å². The van der Waals surface area contributed by atoms with Crippen molar-refractivity contribution < 1.29 is 0 Å². The summed E-state index contributed by atoms with van der Waals surface area (Å²) in [4.78, 5) is 11.0. The van der Waals surface area contributed by atoms with E-state index in [1.165, 1.54) is 5.56 Å². The van der Waals surface area contributed by atoms with Crippen LogP contribution in [0.15, 0.2) is 67.4 Å². The molecule has 4 aromatic rings. The van der Waals surface area contributed by atoms with Gasteiger partial charge in [0.25, 0.3) is 0 Å². The number of hydrogen-bond acceptors (Lipinski definition) is 5. The van der Waals surface area contributed by atoms with E-state index in [1.54, 1.807) is 6.33 Å². The Balaban J connectivity index is 1.38. The van der Waals surface area contributed by atoms with E-state index in [0.29, 0.717) is 5.92 Å². The van der Waals surface area contributed by atoms with Gasteiger partial charge in [-0.05, 0) is 50.2 Å². The van der Waals surface area contributed by atoms with Crippen LogP contribution >= 0.6 is 0 Å². The molecule has 7 nitrogen and oxygen atoms in total. The SMILES string of the molecule is c1ccc(-n2cc(CN3CCC(c4ncn[nH]4)CC3)c(-c3ccncc3)n2)cc1. The molecule has 1 saturated heterocycles. The number of aromatic amines is 1. The molecule has 1 aliphatic heterocycles. The zero-order valence-electron chi connectivity index (χ0n) is 16.1. The van der Waals surface area contributed by atoms with Crippen LogP contribution in [0.2, 0.25) is 0 Å². The Morgan fingerprint density at radius 2 is 1.79 bits per heavy atom. The molecule has 0 spiro atoms. The summed E-state index contributed by atoms with van der Waals surface area (Å²) in [5, 5.41) is 11.9. The molecule has 0 saturated carbocycles. The van der Waals surface area contributed by atoms with Gasteiger partial charge in [0.15, 0.2) is 0 Å². The molecule has 3 aromatic heterocycles. The van der Waals surface area contributed by atoms with Crippen LogP contribution in [-0.2, 0) is 6.54 Å². The molecule has 1 aromatic carbocycles. The summed E-state index contributed by atoms with van der Waals surface area (Å²) in [5.74, 6) is 1.49. The van der Waals surface area contributed by atoms with E-state index < -0.39 is 0 Å². The third-order valence-electron chi connectivity index (χ3n) is 5.57. The van der Waals surface area contributed by atoms with E-state index in [9.17, 15) is 0 Å². The van der Waals surface area contributed by atoms with Crippen molar-refractivity contribution in [2.24, 2.45) is 0 Å². The van der Waals surface area contributed by atoms with E-state index in [0.717, 1.165) is 55.2 Å². The van der Waals surface area contributed by atoms with Crippen LogP contribution in [0.25, 0.3) is 16.9 Å². The van der Waals surface area contributed by atoms with E-state index in [4.69, 9.17) is 5.10 Å². The van der Waals surface area contributed by atoms with Gasteiger partial charge in [0.1, 0.15) is 12.2 Å². The highest BCUT2D eigenvalue weighted by Gasteiger charge is 2.24. The van der Waals surface area contributed by atoms with Gasteiger partial charge in [0.2, 0.25) is 0 Å². The van der Waals surface area contributed by atoms with Crippen LogP contribution in [0, 0.1) is 0 Å². The van der Waals surface area contributed by atoms with E-state index >= 15 is 0 Å². The molecule has 0 aliphatic carbocycles. The van der Waals surface area contributed by atoms with Crippen LogP contribution < -0.4 is 0 Å². The van der Waals surface area contributed by atoms with Gasteiger partial charge in [0.05, 0.1) is 11.4 Å². The number of hydrogen-bond donors (Lipinski definition) is 1. The number of likely N-dealkylation sites (tertiary alicyclic amines) is 1. The standard InChI is InChI=1S/C22H23N7/c1-2-4-20(5-3-1)29-15-19(21(27-29)17-6-10-23-11-7-17)14-28-12-8-18(9-13-28)22-24-16-25-26-22/h1-7,10-11,15-16,18H,8-9,12-14H2,(H,24,25,26). The van der Waals surface area contributed by atoms with Crippen LogP contribution in [-0.4, -0.2) is 47.9 Å². The van der Waals surface area contributed by atoms with Crippen molar-refractivity contribution in [3.05, 3.63) is 78.8 Å². The molecular formula is C22H23N7. The zero-order valence-corrected chi connectivity index (χ0v) is 16.1. The van der Waals surface area contributed by atoms with E-state index in [1.807, 2.05) is 47.4 Å². The summed E-state index contributed by atoms with van der Waals surface area (Å²) >= 11 is 0. The quantitative estimate of drug-likeness (QED) is 0.570. The number of nitrogens with zero attached hydrogens (tertiary/aromatic N) is 6. The maximum Gasteiger partial charge on any atom is 0.137 e. The molecule has 1 aliphatic rings. The smallest absolute Gasteiger partial charge is 0.137 e. The summed E-state index contributed by atoms with van der Waals surface area (Å²) in [6, 6.07) is 14.3. The zero-order chi connectivity index (χ0) is 19.5. The van der Waals surface area contributed by atoms with Crippen molar-refractivity contribution in [1.29, 1.82) is 0 Å². The Morgan fingerprint density at radius 3 is 2.52 bits per heavy atom. The number of benzene rings is 1. The topological polar surface area (TPSA) is 75.5 Å². The summed E-state index contributed by atoms with van der Waals surface area (Å²) in [7, 11) is 0. The van der Waals surface area contributed by atoms with Crippen molar-refractivity contribution in [3.8, 4) is 16.9 Å². The molecule has 4 heterocycles. The first-order valence-corrected chi connectivity index (χ1v) is 9.99. The van der Waals surface area contributed by atoms with Crippen molar-refractivity contribution in [3.63, 3.8) is 0 Å². The lowest BCUT2D eigenvalue weighted by Crippen LogP contribution is -2.32. The highest BCUT2D eigenvalue weighted by molar-refractivity contribution is 5.62. The minimum atomic E-state index is 0.473. The fourth-order valence-electron chi connectivity index (χ4n) is 4.01. The first-order chi connectivity index (χ1) is 14.4. The number of aromatic nitrogens is 6. The fraction of sp³-hybridized carbons (Fsp3) is 0.273. The minimum Gasteiger partial charge on any atom is -0.299 e. The number of nitrogens with one attached hydrogen (secondary N) is 1. The number of H-pyrrole nitrogens is 1. The van der Waals surface area contributed by atoms with Crippen molar-refractivity contribution >= 4 is 0 Å². The number of rotatable bonds is 5. The summed E-state index contributed by atoms with van der Waals surface area (Å²) in [5.41, 5.74) is 4.42. The molecule has 0 amide bonds. The molecule has 0 unspecified atom stereocenters. The Kier molecular flexibility index (Phi) is 4.88. The predicted molar refractivity (Wildman–Crippen MR) is 110 cm³/mol. The van der Waals surface area contributed by atoms with E-state index in [-0.39, 0.29) is 0 Å². The van der Waals surface area contributed by atoms with Crippen LogP contribution in [0.1, 0.15) is 30.1 Å². The molecule has 146 valence electrons. The summed E-state index contributed by atoms with van der Waals surface area (Å²) in [6.07, 6.45) is 9.58. The second kappa shape index (κ2) is 7.97. The molecule has 1 fully saturated rings. The predicted octanol–water partition coefficient (Wildman–Crippen LogP) is 3.43. The summed E-state index contributed by atoms with van der Waals surface area (Å²) in [6.45, 7) is 2.96. The van der Waals surface area contributed by atoms with E-state index in [2.05, 4.69) is 43.4 Å². The number of para-hydroxylation sites is 1. The maximum atomic E-state index is 4.91. The van der Waals surface area contributed by atoms with Gasteiger partial charge in [-0.25, -0.2) is 9.67 Å². The highest BCUT2D eigenvalue weighted by atomic mass is 15.3. The first kappa shape index (κ1) is 17.8. The molecule has 0 atom stereocenters. The Morgan fingerprint density at radius 1 is 1.00 bits per heavy atom. The second-order valence-electron chi connectivity index (χ2n) is 7.44.